The van der Waals surface area contributed by atoms with E-state index in [1.807, 2.05) is 0 Å². The summed E-state index contributed by atoms with van der Waals surface area (Å²) in [5, 5.41) is 0. The molecular weight excluding hydrogens is 546 g/mol. The Bertz CT molecular complexity index is 1070. The fourth-order valence-corrected chi connectivity index (χ4v) is 9.68. The third kappa shape index (κ3) is 6.11. The normalized spacial score (nSPS) is 17.5. The zero-order chi connectivity index (χ0) is 24.3. The van der Waals surface area contributed by atoms with Gasteiger partial charge in [0.15, 0.2) is 0 Å². The molecule has 0 nitrogen and oxygen atoms in total. The monoisotopic (exact) mass is 586 g/mol. The minimum absolute atomic E-state index is 0. The van der Waals surface area contributed by atoms with Gasteiger partial charge in [0.2, 0.25) is 0 Å². The van der Waals surface area contributed by atoms with Crippen LogP contribution in [0.1, 0.15) is 102 Å². The first-order valence-electron chi connectivity index (χ1n) is 12.7. The second kappa shape index (κ2) is 10.6. The van der Waals surface area contributed by atoms with Gasteiger partial charge >= 0.3 is 215 Å². The molecule has 35 heavy (non-hydrogen) atoms. The van der Waals surface area contributed by atoms with Crippen molar-refractivity contribution < 1.29 is 48.0 Å². The Kier molecular flexibility index (Phi) is 9.30. The Morgan fingerprint density at radius 2 is 1.14 bits per heavy atom. The van der Waals surface area contributed by atoms with Crippen molar-refractivity contribution in [2.75, 3.05) is 0 Å². The SMILES string of the molecule is CCC1C=C(C(C)(C)C)C=[C]1[Zr+2][CH]1c2cc(C(C)(C)C)ccc2-c2ccc(C(C)(C)C)cc21.[Cl-].[Cl-]. The molecule has 0 amide bonds. The van der Waals surface area contributed by atoms with Crippen LogP contribution in [-0.4, -0.2) is 0 Å². The summed E-state index contributed by atoms with van der Waals surface area (Å²) in [4.78, 5) is 0. The van der Waals surface area contributed by atoms with E-state index >= 15 is 0 Å². The Morgan fingerprint density at radius 1 is 0.686 bits per heavy atom. The fraction of sp³-hybridized carbons (Fsp3) is 0.500. The number of rotatable bonds is 3. The molecule has 0 heterocycles. The third-order valence-corrected chi connectivity index (χ3v) is 11.8. The summed E-state index contributed by atoms with van der Waals surface area (Å²) in [6.45, 7) is 23.5. The molecule has 0 saturated carbocycles. The van der Waals surface area contributed by atoms with Gasteiger partial charge in [-0.1, -0.05) is 0 Å². The van der Waals surface area contributed by atoms with E-state index in [0.29, 0.717) is 9.54 Å². The standard InChI is InChI=1S/C21H25.C11H17.2ClH.Zr/c1-20(2,3)16-7-9-18-14(12-16)11-15-13-17(21(4,5)6)8-10-19(15)18;1-5-9-6-7-10(8-9)11(2,3)4;;;/h7-13H,1-6H3;7-9H,5H2,1-4H3;2*1H;/q;;;;+2/p-2. The maximum absolute atomic E-state index is 2.61. The zero-order valence-corrected chi connectivity index (χ0v) is 27.2. The van der Waals surface area contributed by atoms with Crippen LogP contribution >= 0.6 is 0 Å². The van der Waals surface area contributed by atoms with Gasteiger partial charge in [-0.15, -0.1) is 0 Å². The number of fused-ring (bicyclic) bond motifs is 3. The van der Waals surface area contributed by atoms with Crippen molar-refractivity contribution in [3.63, 3.8) is 0 Å². The molecule has 1 atom stereocenters. The molecule has 0 spiro atoms. The zero-order valence-electron chi connectivity index (χ0n) is 23.2. The maximum atomic E-state index is 2.61. The summed E-state index contributed by atoms with van der Waals surface area (Å²) >= 11 is -0.878. The van der Waals surface area contributed by atoms with Gasteiger partial charge < -0.3 is 24.8 Å². The molecule has 3 heteroatoms. The van der Waals surface area contributed by atoms with Crippen molar-refractivity contribution in [3.8, 4) is 11.1 Å². The molecule has 0 saturated heterocycles. The number of hydrogen-bond acceptors (Lipinski definition) is 0. The van der Waals surface area contributed by atoms with E-state index < -0.39 is 23.2 Å². The van der Waals surface area contributed by atoms with Crippen LogP contribution in [0.3, 0.4) is 0 Å². The van der Waals surface area contributed by atoms with Gasteiger partial charge in [-0.05, 0) is 0 Å². The first kappa shape index (κ1) is 30.6. The largest absolute Gasteiger partial charge is 1.00 e. The Hall–Kier alpha value is -0.617. The molecule has 4 rings (SSSR count). The van der Waals surface area contributed by atoms with Crippen LogP contribution in [0.4, 0.5) is 0 Å². The minimum Gasteiger partial charge on any atom is -1.00 e. The Balaban J connectivity index is 0.00000216. The number of allylic oxidation sites excluding steroid dienone is 4. The van der Waals surface area contributed by atoms with E-state index in [9.17, 15) is 0 Å². The van der Waals surface area contributed by atoms with E-state index in [1.54, 1.807) is 20.0 Å². The van der Waals surface area contributed by atoms with Gasteiger partial charge in [-0.3, -0.25) is 0 Å². The molecular formula is C32H42Cl2Zr. The number of halogens is 2. The Labute approximate surface area is 238 Å². The van der Waals surface area contributed by atoms with Gasteiger partial charge in [0.1, 0.15) is 0 Å². The quantitative estimate of drug-likeness (QED) is 0.516. The molecule has 2 aliphatic rings. The molecule has 0 bridgehead atoms. The molecule has 0 N–H and O–H groups in total. The fourth-order valence-electron chi connectivity index (χ4n) is 5.10. The van der Waals surface area contributed by atoms with Gasteiger partial charge in [0, 0.05) is 0 Å². The van der Waals surface area contributed by atoms with Crippen molar-refractivity contribution in [1.29, 1.82) is 0 Å². The molecule has 2 aromatic rings. The molecule has 0 aromatic heterocycles. The van der Waals surface area contributed by atoms with Crippen LogP contribution in [-0.2, 0) is 34.1 Å². The van der Waals surface area contributed by atoms with Crippen LogP contribution in [0.25, 0.3) is 11.1 Å². The van der Waals surface area contributed by atoms with Gasteiger partial charge in [0.05, 0.1) is 0 Å². The minimum atomic E-state index is -0.878. The molecule has 188 valence electrons. The van der Waals surface area contributed by atoms with Gasteiger partial charge in [-0.2, -0.15) is 0 Å². The van der Waals surface area contributed by atoms with E-state index in [4.69, 9.17) is 0 Å². The summed E-state index contributed by atoms with van der Waals surface area (Å²) < 4.78 is 2.40. The molecule has 2 aromatic carbocycles. The van der Waals surface area contributed by atoms with Crippen molar-refractivity contribution in [2.45, 2.75) is 90.1 Å². The molecule has 2 aliphatic carbocycles. The molecule has 0 fully saturated rings. The first-order valence-corrected chi connectivity index (χ1v) is 15.3. The van der Waals surface area contributed by atoms with Crippen LogP contribution in [0.2, 0.25) is 0 Å². The Morgan fingerprint density at radius 3 is 1.51 bits per heavy atom. The van der Waals surface area contributed by atoms with Crippen molar-refractivity contribution >= 4 is 0 Å². The predicted molar refractivity (Wildman–Crippen MR) is 141 cm³/mol. The van der Waals surface area contributed by atoms with E-state index in [2.05, 4.69) is 118 Å². The topological polar surface area (TPSA) is 0 Å². The second-order valence-corrected chi connectivity index (χ2v) is 16.7. The van der Waals surface area contributed by atoms with Gasteiger partial charge in [0.25, 0.3) is 0 Å². The molecule has 0 radical (unpaired) electrons. The smallest absolute Gasteiger partial charge is 1.00 e. The van der Waals surface area contributed by atoms with Crippen LogP contribution in [0.5, 0.6) is 0 Å². The average Bonchev–Trinajstić information content (AvgIpc) is 3.26. The molecule has 1 unspecified atom stereocenters. The maximum Gasteiger partial charge on any atom is -1.00 e. The predicted octanol–water partition coefficient (Wildman–Crippen LogP) is 3.34. The molecule has 0 aliphatic heterocycles. The van der Waals surface area contributed by atoms with Crippen molar-refractivity contribution in [1.82, 2.24) is 0 Å². The summed E-state index contributed by atoms with van der Waals surface area (Å²) in [5.74, 6) is 0.648. The van der Waals surface area contributed by atoms with Crippen LogP contribution in [0.15, 0.2) is 57.4 Å². The summed E-state index contributed by atoms with van der Waals surface area (Å²) in [6, 6.07) is 14.7. The van der Waals surface area contributed by atoms with E-state index in [-0.39, 0.29) is 41.1 Å². The average molecular weight is 589 g/mol. The van der Waals surface area contributed by atoms with E-state index in [0.717, 1.165) is 0 Å². The van der Waals surface area contributed by atoms with Crippen molar-refractivity contribution in [3.05, 3.63) is 79.7 Å². The summed E-state index contributed by atoms with van der Waals surface area (Å²) in [6.07, 6.45) is 6.42. The first-order chi connectivity index (χ1) is 15.2. The number of benzene rings is 2. The van der Waals surface area contributed by atoms with E-state index in [1.165, 1.54) is 28.7 Å². The summed E-state index contributed by atoms with van der Waals surface area (Å²) in [7, 11) is 0. The third-order valence-electron chi connectivity index (χ3n) is 7.46. The van der Waals surface area contributed by atoms with Crippen molar-refractivity contribution in [2.24, 2.45) is 11.3 Å². The van der Waals surface area contributed by atoms with Crippen LogP contribution in [0, 0.1) is 11.3 Å². The summed E-state index contributed by atoms with van der Waals surface area (Å²) in [5.41, 5.74) is 11.3. The second-order valence-electron chi connectivity index (χ2n) is 13.2. The number of hydrogen-bond donors (Lipinski definition) is 0. The van der Waals surface area contributed by atoms with Gasteiger partial charge in [-0.25, -0.2) is 0 Å². The van der Waals surface area contributed by atoms with Crippen LogP contribution < -0.4 is 24.8 Å².